The number of carbonyl (C=O) groups is 1. The predicted octanol–water partition coefficient (Wildman–Crippen LogP) is -0.138. The molecule has 0 aromatic rings. The second kappa shape index (κ2) is 4.75. The molecular weight excluding hydrogens is 140 g/mol. The Morgan fingerprint density at radius 3 is 2.64 bits per heavy atom. The number of nitrogens with two attached hydrogens (primary N) is 1. The SMILES string of the molecule is C#CCC(C)NC(=O)[C@@H](C)N. The van der Waals surface area contributed by atoms with Gasteiger partial charge in [-0.1, -0.05) is 0 Å². The number of nitrogens with one attached hydrogen (secondary N) is 1. The average molecular weight is 154 g/mol. The van der Waals surface area contributed by atoms with Crippen molar-refractivity contribution in [1.29, 1.82) is 0 Å². The van der Waals surface area contributed by atoms with Crippen molar-refractivity contribution >= 4 is 5.91 Å². The van der Waals surface area contributed by atoms with Gasteiger partial charge in [0.2, 0.25) is 5.91 Å². The quantitative estimate of drug-likeness (QED) is 0.556. The van der Waals surface area contributed by atoms with E-state index in [1.165, 1.54) is 0 Å². The van der Waals surface area contributed by atoms with Gasteiger partial charge in [-0.25, -0.2) is 0 Å². The average Bonchev–Trinajstić information content (AvgIpc) is 1.87. The Morgan fingerprint density at radius 1 is 1.73 bits per heavy atom. The predicted molar refractivity (Wildman–Crippen MR) is 44.7 cm³/mol. The first-order valence-electron chi connectivity index (χ1n) is 3.57. The van der Waals surface area contributed by atoms with Crippen molar-refractivity contribution in [3.8, 4) is 12.3 Å². The first-order valence-corrected chi connectivity index (χ1v) is 3.57. The second-order valence-electron chi connectivity index (χ2n) is 2.61. The third-order valence-corrected chi connectivity index (χ3v) is 1.23. The Bertz CT molecular complexity index is 169. The van der Waals surface area contributed by atoms with Gasteiger partial charge in [0.1, 0.15) is 0 Å². The molecule has 1 amide bonds. The molecule has 3 heteroatoms. The zero-order chi connectivity index (χ0) is 8.85. The van der Waals surface area contributed by atoms with Crippen LogP contribution in [0.4, 0.5) is 0 Å². The molecule has 0 saturated heterocycles. The lowest BCUT2D eigenvalue weighted by atomic mass is 10.2. The van der Waals surface area contributed by atoms with Crippen LogP contribution in [0.25, 0.3) is 0 Å². The monoisotopic (exact) mass is 154 g/mol. The molecule has 0 radical (unpaired) electrons. The van der Waals surface area contributed by atoms with Crippen LogP contribution in [0.2, 0.25) is 0 Å². The van der Waals surface area contributed by atoms with E-state index < -0.39 is 6.04 Å². The largest absolute Gasteiger partial charge is 0.351 e. The van der Waals surface area contributed by atoms with Gasteiger partial charge < -0.3 is 11.1 Å². The third-order valence-electron chi connectivity index (χ3n) is 1.23. The highest BCUT2D eigenvalue weighted by Gasteiger charge is 2.09. The van der Waals surface area contributed by atoms with E-state index in [2.05, 4.69) is 11.2 Å². The fraction of sp³-hybridized carbons (Fsp3) is 0.625. The van der Waals surface area contributed by atoms with Crippen LogP contribution in [-0.4, -0.2) is 18.0 Å². The summed E-state index contributed by atoms with van der Waals surface area (Å²) in [5.41, 5.74) is 5.32. The Hall–Kier alpha value is -1.01. The van der Waals surface area contributed by atoms with Crippen LogP contribution in [0.3, 0.4) is 0 Å². The number of hydrogen-bond donors (Lipinski definition) is 2. The summed E-state index contributed by atoms with van der Waals surface area (Å²) in [6, 6.07) is -0.450. The summed E-state index contributed by atoms with van der Waals surface area (Å²) in [5, 5.41) is 2.67. The van der Waals surface area contributed by atoms with E-state index in [1.807, 2.05) is 6.92 Å². The maximum absolute atomic E-state index is 10.9. The highest BCUT2D eigenvalue weighted by molar-refractivity contribution is 5.81. The maximum Gasteiger partial charge on any atom is 0.236 e. The van der Waals surface area contributed by atoms with E-state index in [0.717, 1.165) is 0 Å². The summed E-state index contributed by atoms with van der Waals surface area (Å²) < 4.78 is 0. The van der Waals surface area contributed by atoms with Gasteiger partial charge in [-0.3, -0.25) is 4.79 Å². The lowest BCUT2D eigenvalue weighted by molar-refractivity contribution is -0.122. The van der Waals surface area contributed by atoms with Crippen molar-refractivity contribution in [1.82, 2.24) is 5.32 Å². The molecule has 0 heterocycles. The van der Waals surface area contributed by atoms with Crippen molar-refractivity contribution in [3.63, 3.8) is 0 Å². The molecule has 0 aliphatic carbocycles. The van der Waals surface area contributed by atoms with Crippen LogP contribution in [0.1, 0.15) is 20.3 Å². The minimum absolute atomic E-state index is 0.0125. The van der Waals surface area contributed by atoms with Crippen LogP contribution in [0.5, 0.6) is 0 Å². The lowest BCUT2D eigenvalue weighted by Crippen LogP contribution is -2.42. The van der Waals surface area contributed by atoms with E-state index >= 15 is 0 Å². The zero-order valence-corrected chi connectivity index (χ0v) is 6.92. The van der Waals surface area contributed by atoms with Gasteiger partial charge >= 0.3 is 0 Å². The van der Waals surface area contributed by atoms with E-state index in [9.17, 15) is 4.79 Å². The number of carbonyl (C=O) groups excluding carboxylic acids is 1. The fourth-order valence-corrected chi connectivity index (χ4v) is 0.602. The van der Waals surface area contributed by atoms with Gasteiger partial charge in [0.05, 0.1) is 6.04 Å². The molecule has 0 aliphatic rings. The van der Waals surface area contributed by atoms with Crippen LogP contribution >= 0.6 is 0 Å². The number of hydrogen-bond acceptors (Lipinski definition) is 2. The molecule has 0 bridgehead atoms. The molecule has 0 aromatic heterocycles. The van der Waals surface area contributed by atoms with E-state index in [0.29, 0.717) is 6.42 Å². The van der Waals surface area contributed by atoms with Gasteiger partial charge in [-0.2, -0.15) is 0 Å². The molecule has 1 unspecified atom stereocenters. The van der Waals surface area contributed by atoms with Crippen molar-refractivity contribution < 1.29 is 4.79 Å². The van der Waals surface area contributed by atoms with E-state index in [-0.39, 0.29) is 11.9 Å². The van der Waals surface area contributed by atoms with Gasteiger partial charge in [0, 0.05) is 12.5 Å². The van der Waals surface area contributed by atoms with Gasteiger partial charge in [0.15, 0.2) is 0 Å². The molecule has 0 rings (SSSR count). The van der Waals surface area contributed by atoms with Crippen LogP contribution in [-0.2, 0) is 4.79 Å². The van der Waals surface area contributed by atoms with Gasteiger partial charge in [-0.05, 0) is 13.8 Å². The van der Waals surface area contributed by atoms with Crippen molar-refractivity contribution in [2.24, 2.45) is 5.73 Å². The minimum Gasteiger partial charge on any atom is -0.351 e. The second-order valence-corrected chi connectivity index (χ2v) is 2.61. The first-order chi connectivity index (χ1) is 5.07. The van der Waals surface area contributed by atoms with Crippen molar-refractivity contribution in [3.05, 3.63) is 0 Å². The van der Waals surface area contributed by atoms with Crippen molar-refractivity contribution in [2.45, 2.75) is 32.4 Å². The topological polar surface area (TPSA) is 55.1 Å². The highest BCUT2D eigenvalue weighted by Crippen LogP contribution is 1.88. The Kier molecular flexibility index (Phi) is 4.32. The zero-order valence-electron chi connectivity index (χ0n) is 6.92. The standard InChI is InChI=1S/C8H14N2O/c1-4-5-6(2)10-8(11)7(3)9/h1,6-7H,5,9H2,2-3H3,(H,10,11)/t6?,7-/m1/s1. The molecule has 3 N–H and O–H groups in total. The smallest absolute Gasteiger partial charge is 0.236 e. The summed E-state index contributed by atoms with van der Waals surface area (Å²) in [5.74, 6) is 2.30. The Morgan fingerprint density at radius 2 is 2.27 bits per heavy atom. The van der Waals surface area contributed by atoms with Crippen molar-refractivity contribution in [2.75, 3.05) is 0 Å². The summed E-state index contributed by atoms with van der Waals surface area (Å²) in [6.45, 7) is 3.48. The molecule has 2 atom stereocenters. The molecule has 3 nitrogen and oxygen atoms in total. The minimum atomic E-state index is -0.463. The molecule has 11 heavy (non-hydrogen) atoms. The molecule has 0 aliphatic heterocycles. The maximum atomic E-state index is 10.9. The summed E-state index contributed by atoms with van der Waals surface area (Å²) in [6.07, 6.45) is 5.59. The lowest BCUT2D eigenvalue weighted by Gasteiger charge is -2.12. The summed E-state index contributed by atoms with van der Waals surface area (Å²) >= 11 is 0. The van der Waals surface area contributed by atoms with Gasteiger partial charge in [0.25, 0.3) is 0 Å². The first kappa shape index (κ1) is 9.99. The van der Waals surface area contributed by atoms with Crippen LogP contribution in [0, 0.1) is 12.3 Å². The summed E-state index contributed by atoms with van der Waals surface area (Å²) in [4.78, 5) is 10.9. The number of amides is 1. The van der Waals surface area contributed by atoms with E-state index in [1.54, 1.807) is 6.92 Å². The molecule has 0 fully saturated rings. The van der Waals surface area contributed by atoms with Gasteiger partial charge in [-0.15, -0.1) is 12.3 Å². The Labute approximate surface area is 67.3 Å². The van der Waals surface area contributed by atoms with Crippen LogP contribution < -0.4 is 11.1 Å². The molecule has 0 spiro atoms. The molecule has 0 saturated carbocycles. The summed E-state index contributed by atoms with van der Waals surface area (Å²) in [7, 11) is 0. The number of rotatable bonds is 3. The molecule has 0 aromatic carbocycles. The number of terminal acetylenes is 1. The fourth-order valence-electron chi connectivity index (χ4n) is 0.602. The normalized spacial score (nSPS) is 14.7. The molecule has 62 valence electrons. The van der Waals surface area contributed by atoms with Crippen LogP contribution in [0.15, 0.2) is 0 Å². The highest BCUT2D eigenvalue weighted by atomic mass is 16.2. The molecular formula is C8H14N2O. The third kappa shape index (κ3) is 4.40. The Balaban J connectivity index is 3.68. The van der Waals surface area contributed by atoms with E-state index in [4.69, 9.17) is 12.2 Å².